The van der Waals surface area contributed by atoms with Crippen molar-refractivity contribution in [3.05, 3.63) is 16.7 Å². The molecule has 1 aliphatic carbocycles. The SMILES string of the molecule is Cn1c(C2CCCCC2)nc(CO)c1Cl. The van der Waals surface area contributed by atoms with E-state index in [9.17, 15) is 0 Å². The van der Waals surface area contributed by atoms with Gasteiger partial charge in [-0.25, -0.2) is 4.98 Å². The van der Waals surface area contributed by atoms with Crippen LogP contribution in [0.25, 0.3) is 0 Å². The normalized spacial score (nSPS) is 18.3. The second-order valence-corrected chi connectivity index (χ2v) is 4.62. The Morgan fingerprint density at radius 3 is 2.60 bits per heavy atom. The quantitative estimate of drug-likeness (QED) is 0.845. The van der Waals surface area contributed by atoms with E-state index in [-0.39, 0.29) is 6.61 Å². The van der Waals surface area contributed by atoms with E-state index in [0.717, 1.165) is 5.82 Å². The molecule has 4 heteroatoms. The molecule has 84 valence electrons. The predicted molar refractivity (Wildman–Crippen MR) is 60.0 cm³/mol. The summed E-state index contributed by atoms with van der Waals surface area (Å²) in [4.78, 5) is 4.43. The number of aliphatic hydroxyl groups excluding tert-OH is 1. The third kappa shape index (κ3) is 2.04. The maximum atomic E-state index is 9.09. The van der Waals surface area contributed by atoms with Crippen molar-refractivity contribution in [2.45, 2.75) is 44.6 Å². The van der Waals surface area contributed by atoms with Gasteiger partial charge in [-0.3, -0.25) is 0 Å². The number of aromatic nitrogens is 2. The molecule has 1 N–H and O–H groups in total. The number of hydrogen-bond donors (Lipinski definition) is 1. The van der Waals surface area contributed by atoms with Gasteiger partial charge in [-0.15, -0.1) is 0 Å². The predicted octanol–water partition coefficient (Wildman–Crippen LogP) is 2.61. The molecule has 1 saturated carbocycles. The molecule has 1 aliphatic rings. The Labute approximate surface area is 95.1 Å². The molecule has 0 aromatic carbocycles. The van der Waals surface area contributed by atoms with Gasteiger partial charge in [0.1, 0.15) is 16.7 Å². The monoisotopic (exact) mass is 228 g/mol. The van der Waals surface area contributed by atoms with Gasteiger partial charge in [0, 0.05) is 13.0 Å². The summed E-state index contributed by atoms with van der Waals surface area (Å²) < 4.78 is 1.92. The zero-order chi connectivity index (χ0) is 10.8. The molecule has 0 unspecified atom stereocenters. The summed E-state index contributed by atoms with van der Waals surface area (Å²) in [7, 11) is 1.93. The lowest BCUT2D eigenvalue weighted by Crippen LogP contribution is -2.10. The highest BCUT2D eigenvalue weighted by Crippen LogP contribution is 2.33. The Morgan fingerprint density at radius 1 is 1.40 bits per heavy atom. The number of rotatable bonds is 2. The van der Waals surface area contributed by atoms with E-state index in [1.807, 2.05) is 11.6 Å². The molecule has 1 fully saturated rings. The van der Waals surface area contributed by atoms with Crippen LogP contribution in [0.4, 0.5) is 0 Å². The van der Waals surface area contributed by atoms with Gasteiger partial charge in [-0.2, -0.15) is 0 Å². The summed E-state index contributed by atoms with van der Waals surface area (Å²) in [5.74, 6) is 1.57. The molecule has 0 radical (unpaired) electrons. The van der Waals surface area contributed by atoms with Crippen molar-refractivity contribution < 1.29 is 5.11 Å². The molecule has 0 atom stereocenters. The summed E-state index contributed by atoms with van der Waals surface area (Å²) >= 11 is 6.07. The van der Waals surface area contributed by atoms with E-state index in [2.05, 4.69) is 4.98 Å². The van der Waals surface area contributed by atoms with Gasteiger partial charge < -0.3 is 9.67 Å². The molecule has 0 amide bonds. The van der Waals surface area contributed by atoms with E-state index in [1.54, 1.807) is 0 Å². The molecule has 3 nitrogen and oxygen atoms in total. The summed E-state index contributed by atoms with van der Waals surface area (Å²) in [6.45, 7) is -0.0700. The third-order valence-corrected chi connectivity index (χ3v) is 3.72. The molecule has 1 aromatic heterocycles. The topological polar surface area (TPSA) is 38.0 Å². The maximum absolute atomic E-state index is 9.09. The minimum Gasteiger partial charge on any atom is -0.390 e. The fraction of sp³-hybridized carbons (Fsp3) is 0.727. The van der Waals surface area contributed by atoms with Gasteiger partial charge in [0.2, 0.25) is 0 Å². The lowest BCUT2D eigenvalue weighted by Gasteiger charge is -2.20. The van der Waals surface area contributed by atoms with Crippen LogP contribution >= 0.6 is 11.6 Å². The van der Waals surface area contributed by atoms with Crippen molar-refractivity contribution in [1.82, 2.24) is 9.55 Å². The molecule has 2 rings (SSSR count). The van der Waals surface area contributed by atoms with Crippen LogP contribution in [0, 0.1) is 0 Å². The Kier molecular flexibility index (Phi) is 3.32. The number of nitrogens with zero attached hydrogens (tertiary/aromatic N) is 2. The summed E-state index contributed by atoms with van der Waals surface area (Å²) in [5, 5.41) is 9.68. The highest BCUT2D eigenvalue weighted by molar-refractivity contribution is 6.30. The van der Waals surface area contributed by atoms with Gasteiger partial charge in [-0.1, -0.05) is 30.9 Å². The standard InChI is InChI=1S/C11H17ClN2O/c1-14-10(12)9(7-15)13-11(14)8-5-3-2-4-6-8/h8,15H,2-7H2,1H3. The van der Waals surface area contributed by atoms with E-state index in [4.69, 9.17) is 16.7 Å². The number of hydrogen-bond acceptors (Lipinski definition) is 2. The van der Waals surface area contributed by atoms with Crippen molar-refractivity contribution in [2.24, 2.45) is 7.05 Å². The van der Waals surface area contributed by atoms with Crippen LogP contribution in [0.2, 0.25) is 5.15 Å². The van der Waals surface area contributed by atoms with Crippen LogP contribution in [0.1, 0.15) is 49.5 Å². The van der Waals surface area contributed by atoms with Crippen molar-refractivity contribution in [2.75, 3.05) is 0 Å². The van der Waals surface area contributed by atoms with Gasteiger partial charge in [0.25, 0.3) is 0 Å². The van der Waals surface area contributed by atoms with E-state index >= 15 is 0 Å². The lowest BCUT2D eigenvalue weighted by molar-refractivity contribution is 0.277. The number of halogens is 1. The largest absolute Gasteiger partial charge is 0.390 e. The smallest absolute Gasteiger partial charge is 0.134 e. The van der Waals surface area contributed by atoms with Crippen molar-refractivity contribution in [3.63, 3.8) is 0 Å². The first-order valence-corrected chi connectivity index (χ1v) is 5.93. The van der Waals surface area contributed by atoms with Crippen LogP contribution in [0.5, 0.6) is 0 Å². The van der Waals surface area contributed by atoms with Crippen LogP contribution in [0.3, 0.4) is 0 Å². The van der Waals surface area contributed by atoms with Crippen molar-refractivity contribution >= 4 is 11.6 Å². The highest BCUT2D eigenvalue weighted by atomic mass is 35.5. The van der Waals surface area contributed by atoms with Crippen LogP contribution in [-0.4, -0.2) is 14.7 Å². The molecule has 0 aliphatic heterocycles. The first-order valence-electron chi connectivity index (χ1n) is 5.56. The van der Waals surface area contributed by atoms with E-state index < -0.39 is 0 Å². The van der Waals surface area contributed by atoms with Crippen LogP contribution in [0.15, 0.2) is 0 Å². The van der Waals surface area contributed by atoms with Crippen LogP contribution in [-0.2, 0) is 13.7 Å². The first kappa shape index (κ1) is 11.0. The average Bonchev–Trinajstić information content (AvgIpc) is 2.57. The van der Waals surface area contributed by atoms with E-state index in [1.165, 1.54) is 32.1 Å². The number of aliphatic hydroxyl groups is 1. The molecule has 15 heavy (non-hydrogen) atoms. The summed E-state index contributed by atoms with van der Waals surface area (Å²) in [6.07, 6.45) is 6.30. The highest BCUT2D eigenvalue weighted by Gasteiger charge is 2.22. The average molecular weight is 229 g/mol. The minimum absolute atomic E-state index is 0.0700. The zero-order valence-electron chi connectivity index (χ0n) is 9.04. The third-order valence-electron chi connectivity index (χ3n) is 3.25. The van der Waals surface area contributed by atoms with Gasteiger partial charge in [0.05, 0.1) is 6.61 Å². The first-order chi connectivity index (χ1) is 7.24. The second-order valence-electron chi connectivity index (χ2n) is 4.26. The summed E-state index contributed by atoms with van der Waals surface area (Å²) in [5.41, 5.74) is 0.611. The molecular weight excluding hydrogens is 212 g/mol. The maximum Gasteiger partial charge on any atom is 0.134 e. The molecule has 1 aromatic rings. The van der Waals surface area contributed by atoms with Crippen LogP contribution < -0.4 is 0 Å². The zero-order valence-corrected chi connectivity index (χ0v) is 9.80. The summed E-state index contributed by atoms with van der Waals surface area (Å²) in [6, 6.07) is 0. The number of imidazole rings is 1. The molecule has 0 bridgehead atoms. The fourth-order valence-electron chi connectivity index (χ4n) is 2.38. The van der Waals surface area contributed by atoms with E-state index in [0.29, 0.717) is 16.8 Å². The fourth-order valence-corrected chi connectivity index (χ4v) is 2.57. The Bertz CT molecular complexity index is 343. The molecule has 0 saturated heterocycles. The van der Waals surface area contributed by atoms with Gasteiger partial charge >= 0.3 is 0 Å². The van der Waals surface area contributed by atoms with Crippen molar-refractivity contribution in [3.8, 4) is 0 Å². The minimum atomic E-state index is -0.0700. The van der Waals surface area contributed by atoms with Gasteiger partial charge in [0.15, 0.2) is 0 Å². The molecule has 0 spiro atoms. The Hall–Kier alpha value is -0.540. The van der Waals surface area contributed by atoms with Crippen molar-refractivity contribution in [1.29, 1.82) is 0 Å². The molecular formula is C11H17ClN2O. The Balaban J connectivity index is 2.26. The van der Waals surface area contributed by atoms with Gasteiger partial charge in [-0.05, 0) is 12.8 Å². The second kappa shape index (κ2) is 4.54. The lowest BCUT2D eigenvalue weighted by atomic mass is 9.89. The molecule has 1 heterocycles. The Morgan fingerprint density at radius 2 is 2.07 bits per heavy atom.